The van der Waals surface area contributed by atoms with E-state index in [0.717, 1.165) is 6.61 Å². The Bertz CT molecular complexity index is 144. The van der Waals surface area contributed by atoms with E-state index in [-0.39, 0.29) is 26.4 Å². The Hall–Kier alpha value is -0.320. The topological polar surface area (TPSA) is 118 Å². The van der Waals surface area contributed by atoms with Gasteiger partial charge in [0.1, 0.15) is 0 Å². The molecule has 0 atom stereocenters. The molecule has 0 aromatic carbocycles. The number of ether oxygens (including phenoxy) is 4. The molecule has 0 aliphatic rings. The number of methoxy groups -OCH3 is 1. The molecule has 0 aromatic heterocycles. The van der Waals surface area contributed by atoms with Crippen molar-refractivity contribution in [2.24, 2.45) is 0 Å². The van der Waals surface area contributed by atoms with Gasteiger partial charge in [0.25, 0.3) is 0 Å². The van der Waals surface area contributed by atoms with Gasteiger partial charge in [-0.15, -0.1) is 0 Å². The van der Waals surface area contributed by atoms with Gasteiger partial charge in [-0.1, -0.05) is 13.3 Å². The van der Waals surface area contributed by atoms with Crippen LogP contribution < -0.4 is 0 Å². The number of unbranched alkanes of at least 4 members (excludes halogenated alkanes) is 1. The quantitative estimate of drug-likeness (QED) is 0.309. The summed E-state index contributed by atoms with van der Waals surface area (Å²) in [7, 11) is 1.73. The molecule has 0 unspecified atom stereocenters. The molecule has 0 bridgehead atoms. The molecule has 0 aromatic rings. The number of hydrogen-bond donors (Lipinski definition) is 4. The molecule has 0 aliphatic heterocycles. The van der Waals surface area contributed by atoms with Gasteiger partial charge < -0.3 is 39.4 Å². The van der Waals surface area contributed by atoms with E-state index >= 15 is 0 Å². The van der Waals surface area contributed by atoms with E-state index in [1.165, 1.54) is 12.8 Å². The van der Waals surface area contributed by atoms with Crippen molar-refractivity contribution in [2.45, 2.75) is 19.8 Å². The minimum absolute atomic E-state index is 0.0278. The highest BCUT2D eigenvalue weighted by Crippen LogP contribution is 1.83. The lowest BCUT2D eigenvalue weighted by atomic mass is 10.4. The Morgan fingerprint density at radius 3 is 1.13 bits per heavy atom. The van der Waals surface area contributed by atoms with Crippen LogP contribution in [0.4, 0.5) is 0 Å². The molecule has 0 saturated heterocycles. The Morgan fingerprint density at radius 2 is 0.913 bits per heavy atom. The summed E-state index contributed by atoms with van der Waals surface area (Å²) in [6.07, 6.45) is 2.42. The standard InChI is InChI=1S/C6H14O4.C5H12O.C4H10O3/c7-1-3-9-5-6-10-4-2-8;1-3-4-5-6-2;5-1-3-7-4-2-6/h7-8H,1-6H2;3-5H2,1-2H3;5-6H,1-4H2. The van der Waals surface area contributed by atoms with Gasteiger partial charge in [0.2, 0.25) is 0 Å². The first-order valence-corrected chi connectivity index (χ1v) is 7.90. The second-order valence-corrected chi connectivity index (χ2v) is 4.08. The highest BCUT2D eigenvalue weighted by atomic mass is 16.5. The van der Waals surface area contributed by atoms with Crippen LogP contribution in [0.3, 0.4) is 0 Å². The summed E-state index contributed by atoms with van der Waals surface area (Å²) >= 11 is 0. The van der Waals surface area contributed by atoms with E-state index in [4.69, 9.17) is 34.6 Å². The first-order valence-electron chi connectivity index (χ1n) is 7.90. The van der Waals surface area contributed by atoms with Crippen molar-refractivity contribution in [3.63, 3.8) is 0 Å². The van der Waals surface area contributed by atoms with E-state index in [9.17, 15) is 0 Å². The fourth-order valence-corrected chi connectivity index (χ4v) is 0.971. The minimum Gasteiger partial charge on any atom is -0.394 e. The molecule has 0 aliphatic carbocycles. The van der Waals surface area contributed by atoms with Crippen LogP contribution in [0, 0.1) is 0 Å². The third kappa shape index (κ3) is 44.9. The monoisotopic (exact) mass is 344 g/mol. The summed E-state index contributed by atoms with van der Waals surface area (Å²) in [5, 5.41) is 32.7. The predicted octanol–water partition coefficient (Wildman–Crippen LogP) is -0.575. The number of aliphatic hydroxyl groups is 4. The van der Waals surface area contributed by atoms with Gasteiger partial charge in [0.05, 0.1) is 66.1 Å². The Balaban J connectivity index is -0.000000272. The SMILES string of the molecule is CCCCOC.OCCOCCO.OCCOCCOCCO. The summed E-state index contributed by atoms with van der Waals surface area (Å²) < 4.78 is 19.2. The smallest absolute Gasteiger partial charge is 0.0701 e. The summed E-state index contributed by atoms with van der Waals surface area (Å²) in [5.41, 5.74) is 0. The first-order chi connectivity index (χ1) is 11.2. The molecule has 0 spiro atoms. The minimum atomic E-state index is 0.0278. The molecule has 0 fully saturated rings. The summed E-state index contributed by atoms with van der Waals surface area (Å²) in [6.45, 7) is 5.49. The van der Waals surface area contributed by atoms with Gasteiger partial charge in [-0.05, 0) is 6.42 Å². The molecule has 0 radical (unpaired) electrons. The predicted molar refractivity (Wildman–Crippen MR) is 87.6 cm³/mol. The molecule has 4 N–H and O–H groups in total. The molecule has 0 rings (SSSR count). The summed E-state index contributed by atoms with van der Waals surface area (Å²) in [4.78, 5) is 0. The second kappa shape index (κ2) is 33.3. The third-order valence-electron chi connectivity index (χ3n) is 2.02. The molecule has 0 heterocycles. The van der Waals surface area contributed by atoms with Gasteiger partial charge in [-0.25, -0.2) is 0 Å². The Kier molecular flexibility index (Phi) is 39.9. The van der Waals surface area contributed by atoms with Crippen molar-refractivity contribution < 1.29 is 39.4 Å². The number of aliphatic hydroxyl groups excluding tert-OH is 4. The molecular formula is C15H36O8. The van der Waals surface area contributed by atoms with Crippen molar-refractivity contribution >= 4 is 0 Å². The van der Waals surface area contributed by atoms with Crippen LogP contribution in [0.2, 0.25) is 0 Å². The first kappa shape index (κ1) is 27.5. The fraction of sp³-hybridized carbons (Fsp3) is 1.00. The maximum atomic E-state index is 8.26. The van der Waals surface area contributed by atoms with Crippen LogP contribution in [0.15, 0.2) is 0 Å². The van der Waals surface area contributed by atoms with Crippen molar-refractivity contribution in [2.75, 3.05) is 79.8 Å². The largest absolute Gasteiger partial charge is 0.394 e. The van der Waals surface area contributed by atoms with Crippen LogP contribution >= 0.6 is 0 Å². The normalized spacial score (nSPS) is 9.65. The maximum absolute atomic E-state index is 8.26. The van der Waals surface area contributed by atoms with Gasteiger partial charge in [0.15, 0.2) is 0 Å². The van der Waals surface area contributed by atoms with E-state index in [2.05, 4.69) is 11.7 Å². The van der Waals surface area contributed by atoms with Crippen molar-refractivity contribution in [1.82, 2.24) is 0 Å². The molecule has 144 valence electrons. The molecule has 0 saturated carbocycles. The van der Waals surface area contributed by atoms with Gasteiger partial charge in [0, 0.05) is 13.7 Å². The van der Waals surface area contributed by atoms with E-state index in [0.29, 0.717) is 39.6 Å². The van der Waals surface area contributed by atoms with E-state index in [1.54, 1.807) is 7.11 Å². The molecule has 8 nitrogen and oxygen atoms in total. The summed E-state index contributed by atoms with van der Waals surface area (Å²) in [5.74, 6) is 0. The maximum Gasteiger partial charge on any atom is 0.0701 e. The van der Waals surface area contributed by atoms with Gasteiger partial charge in [-0.3, -0.25) is 0 Å². The second-order valence-electron chi connectivity index (χ2n) is 4.08. The average molecular weight is 344 g/mol. The van der Waals surface area contributed by atoms with Crippen LogP contribution in [0.25, 0.3) is 0 Å². The lowest BCUT2D eigenvalue weighted by molar-refractivity contribution is 0.0222. The van der Waals surface area contributed by atoms with E-state index < -0.39 is 0 Å². The Morgan fingerprint density at radius 1 is 0.565 bits per heavy atom. The van der Waals surface area contributed by atoms with Crippen LogP contribution in [-0.4, -0.2) is 100 Å². The van der Waals surface area contributed by atoms with Gasteiger partial charge >= 0.3 is 0 Å². The summed E-state index contributed by atoms with van der Waals surface area (Å²) in [6, 6.07) is 0. The number of rotatable bonds is 14. The van der Waals surface area contributed by atoms with E-state index in [1.807, 2.05) is 0 Å². The molecule has 23 heavy (non-hydrogen) atoms. The van der Waals surface area contributed by atoms with Crippen molar-refractivity contribution in [1.29, 1.82) is 0 Å². The average Bonchev–Trinajstić information content (AvgIpc) is 2.58. The zero-order chi connectivity index (χ0) is 18.0. The van der Waals surface area contributed by atoms with Crippen LogP contribution in [0.1, 0.15) is 19.8 Å². The zero-order valence-electron chi connectivity index (χ0n) is 14.6. The molecular weight excluding hydrogens is 308 g/mol. The molecule has 8 heteroatoms. The van der Waals surface area contributed by atoms with Crippen LogP contribution in [-0.2, 0) is 18.9 Å². The van der Waals surface area contributed by atoms with Crippen molar-refractivity contribution in [3.05, 3.63) is 0 Å². The number of hydrogen-bond acceptors (Lipinski definition) is 8. The van der Waals surface area contributed by atoms with Crippen molar-refractivity contribution in [3.8, 4) is 0 Å². The van der Waals surface area contributed by atoms with Gasteiger partial charge in [-0.2, -0.15) is 0 Å². The third-order valence-corrected chi connectivity index (χ3v) is 2.02. The lowest BCUT2D eigenvalue weighted by Gasteiger charge is -2.01. The Labute approximate surface area is 139 Å². The van der Waals surface area contributed by atoms with Crippen LogP contribution in [0.5, 0.6) is 0 Å². The molecule has 0 amide bonds. The highest BCUT2D eigenvalue weighted by Gasteiger charge is 1.86. The fourth-order valence-electron chi connectivity index (χ4n) is 0.971. The zero-order valence-corrected chi connectivity index (χ0v) is 14.6. The highest BCUT2D eigenvalue weighted by molar-refractivity contribution is 4.30. The lowest BCUT2D eigenvalue weighted by Crippen LogP contribution is -2.09.